The first kappa shape index (κ1) is 15.2. The Morgan fingerprint density at radius 2 is 2.09 bits per heavy atom. The quantitative estimate of drug-likeness (QED) is 0.883. The van der Waals surface area contributed by atoms with Crippen LogP contribution in [-0.2, 0) is 26.4 Å². The highest BCUT2D eigenvalue weighted by atomic mass is 32.2. The molecule has 118 valence electrons. The van der Waals surface area contributed by atoms with Gasteiger partial charge in [-0.25, -0.2) is 21.6 Å². The van der Waals surface area contributed by atoms with Crippen LogP contribution in [0.15, 0.2) is 46.5 Å². The molecule has 0 radical (unpaired) electrons. The number of hydrogen-bond donors (Lipinski definition) is 1. The smallest absolute Gasteiger partial charge is 0.244 e. The zero-order valence-electron chi connectivity index (χ0n) is 11.8. The number of benzene rings is 1. The number of rotatable bonds is 4. The van der Waals surface area contributed by atoms with E-state index in [0.29, 0.717) is 12.1 Å². The zero-order chi connectivity index (χ0) is 16.0. The standard InChI is InChI=1S/C13H15N3O4S2/c1-2-16-8-10(7-14-16)22(19,20)15-12-9-21(17,18)13-6-4-3-5-11(12)13/h3-8,12,15H,2,9H2,1H3. The van der Waals surface area contributed by atoms with Crippen LogP contribution >= 0.6 is 0 Å². The fraction of sp³-hybridized carbons (Fsp3) is 0.308. The van der Waals surface area contributed by atoms with Crippen LogP contribution in [0.5, 0.6) is 0 Å². The minimum Gasteiger partial charge on any atom is -0.272 e. The van der Waals surface area contributed by atoms with Gasteiger partial charge in [0.15, 0.2) is 9.84 Å². The summed E-state index contributed by atoms with van der Waals surface area (Å²) in [4.78, 5) is 0.211. The van der Waals surface area contributed by atoms with E-state index in [2.05, 4.69) is 9.82 Å². The molecule has 1 N–H and O–H groups in total. The normalized spacial score (nSPS) is 20.0. The molecule has 0 amide bonds. The number of nitrogens with one attached hydrogen (secondary N) is 1. The molecular weight excluding hydrogens is 326 g/mol. The van der Waals surface area contributed by atoms with Crippen molar-refractivity contribution in [2.24, 2.45) is 0 Å². The highest BCUT2D eigenvalue weighted by Crippen LogP contribution is 2.33. The van der Waals surface area contributed by atoms with Gasteiger partial charge in [-0.1, -0.05) is 18.2 Å². The molecular formula is C13H15N3O4S2. The second kappa shape index (κ2) is 5.18. The Morgan fingerprint density at radius 1 is 1.36 bits per heavy atom. The molecule has 7 nitrogen and oxygen atoms in total. The van der Waals surface area contributed by atoms with E-state index in [1.165, 1.54) is 23.1 Å². The molecule has 1 aliphatic rings. The van der Waals surface area contributed by atoms with Gasteiger partial charge in [0, 0.05) is 12.7 Å². The van der Waals surface area contributed by atoms with Gasteiger partial charge in [0.25, 0.3) is 0 Å². The molecule has 1 unspecified atom stereocenters. The van der Waals surface area contributed by atoms with Gasteiger partial charge in [-0.3, -0.25) is 4.68 Å². The van der Waals surface area contributed by atoms with Gasteiger partial charge in [-0.15, -0.1) is 0 Å². The first-order valence-corrected chi connectivity index (χ1v) is 9.83. The van der Waals surface area contributed by atoms with Crippen LogP contribution in [0.2, 0.25) is 0 Å². The van der Waals surface area contributed by atoms with Crippen molar-refractivity contribution < 1.29 is 16.8 Å². The lowest BCUT2D eigenvalue weighted by molar-refractivity contribution is 0.565. The van der Waals surface area contributed by atoms with E-state index in [1.54, 1.807) is 18.2 Å². The van der Waals surface area contributed by atoms with E-state index in [4.69, 9.17) is 0 Å². The maximum Gasteiger partial charge on any atom is 0.244 e. The summed E-state index contributed by atoms with van der Waals surface area (Å²) in [6, 6.07) is 5.65. The lowest BCUT2D eigenvalue weighted by atomic mass is 10.1. The summed E-state index contributed by atoms with van der Waals surface area (Å²) in [7, 11) is -7.28. The summed E-state index contributed by atoms with van der Waals surface area (Å²) in [5, 5.41) is 3.93. The fourth-order valence-corrected chi connectivity index (χ4v) is 5.47. The first-order valence-electron chi connectivity index (χ1n) is 6.70. The number of sulfonamides is 1. The third-order valence-electron chi connectivity index (χ3n) is 3.56. The predicted molar refractivity (Wildman–Crippen MR) is 79.5 cm³/mol. The number of aryl methyl sites for hydroxylation is 1. The molecule has 3 rings (SSSR count). The van der Waals surface area contributed by atoms with Gasteiger partial charge < -0.3 is 0 Å². The maximum atomic E-state index is 12.4. The molecule has 1 aliphatic heterocycles. The highest BCUT2D eigenvalue weighted by molar-refractivity contribution is 7.92. The SMILES string of the molecule is CCn1cc(S(=O)(=O)NC2CS(=O)(=O)c3ccccc32)cn1. The molecule has 0 saturated carbocycles. The summed E-state index contributed by atoms with van der Waals surface area (Å²) in [5.74, 6) is -0.270. The number of sulfone groups is 1. The molecule has 2 aromatic rings. The fourth-order valence-electron chi connectivity index (χ4n) is 2.46. The minimum atomic E-state index is -3.82. The van der Waals surface area contributed by atoms with Crippen LogP contribution in [0.3, 0.4) is 0 Å². The van der Waals surface area contributed by atoms with Crippen LogP contribution in [-0.4, -0.2) is 32.4 Å². The van der Waals surface area contributed by atoms with Crippen LogP contribution < -0.4 is 4.72 Å². The Labute approximate surface area is 128 Å². The average Bonchev–Trinajstić information content (AvgIpc) is 3.04. The largest absolute Gasteiger partial charge is 0.272 e. The molecule has 1 aromatic heterocycles. The molecule has 0 saturated heterocycles. The monoisotopic (exact) mass is 341 g/mol. The van der Waals surface area contributed by atoms with Gasteiger partial charge in [0.05, 0.1) is 22.9 Å². The van der Waals surface area contributed by atoms with E-state index < -0.39 is 25.9 Å². The van der Waals surface area contributed by atoms with E-state index in [9.17, 15) is 16.8 Å². The van der Waals surface area contributed by atoms with Gasteiger partial charge in [-0.05, 0) is 18.6 Å². The van der Waals surface area contributed by atoms with Crippen molar-refractivity contribution in [3.63, 3.8) is 0 Å². The van der Waals surface area contributed by atoms with Crippen molar-refractivity contribution >= 4 is 19.9 Å². The molecule has 0 fully saturated rings. The molecule has 0 aliphatic carbocycles. The van der Waals surface area contributed by atoms with Crippen LogP contribution in [0.4, 0.5) is 0 Å². The molecule has 9 heteroatoms. The molecule has 0 bridgehead atoms. The second-order valence-corrected chi connectivity index (χ2v) is 8.74. The Bertz CT molecular complexity index is 916. The molecule has 2 heterocycles. The van der Waals surface area contributed by atoms with Crippen LogP contribution in [0.1, 0.15) is 18.5 Å². The summed E-state index contributed by atoms with van der Waals surface area (Å²) in [5.41, 5.74) is 0.481. The lowest BCUT2D eigenvalue weighted by Crippen LogP contribution is -2.29. The van der Waals surface area contributed by atoms with E-state index in [1.807, 2.05) is 6.92 Å². The average molecular weight is 341 g/mol. The van der Waals surface area contributed by atoms with E-state index >= 15 is 0 Å². The molecule has 1 aromatic carbocycles. The Balaban J connectivity index is 1.94. The van der Waals surface area contributed by atoms with Gasteiger partial charge >= 0.3 is 0 Å². The van der Waals surface area contributed by atoms with Crippen LogP contribution in [0.25, 0.3) is 0 Å². The van der Waals surface area contributed by atoms with Crippen molar-refractivity contribution in [2.45, 2.75) is 29.3 Å². The summed E-state index contributed by atoms with van der Waals surface area (Å²) < 4.78 is 52.9. The maximum absolute atomic E-state index is 12.4. The van der Waals surface area contributed by atoms with Crippen molar-refractivity contribution in [3.8, 4) is 0 Å². The van der Waals surface area contributed by atoms with Crippen molar-refractivity contribution in [1.29, 1.82) is 0 Å². The third-order valence-corrected chi connectivity index (χ3v) is 6.80. The van der Waals surface area contributed by atoms with E-state index in [0.717, 1.165) is 0 Å². The number of aromatic nitrogens is 2. The zero-order valence-corrected chi connectivity index (χ0v) is 13.4. The minimum absolute atomic E-state index is 0.0242. The van der Waals surface area contributed by atoms with Gasteiger partial charge in [0.2, 0.25) is 10.0 Å². The Morgan fingerprint density at radius 3 is 2.77 bits per heavy atom. The number of hydrogen-bond acceptors (Lipinski definition) is 5. The third kappa shape index (κ3) is 2.55. The number of nitrogens with zero attached hydrogens (tertiary/aromatic N) is 2. The van der Waals surface area contributed by atoms with E-state index in [-0.39, 0.29) is 15.5 Å². The predicted octanol–water partition coefficient (Wildman–Crippen LogP) is 0.710. The Kier molecular flexibility index (Phi) is 3.58. The second-order valence-electron chi connectivity index (χ2n) is 5.02. The number of fused-ring (bicyclic) bond motifs is 1. The highest BCUT2D eigenvalue weighted by Gasteiger charge is 2.37. The molecule has 22 heavy (non-hydrogen) atoms. The first-order chi connectivity index (χ1) is 10.3. The molecule has 1 atom stereocenters. The topological polar surface area (TPSA) is 98.1 Å². The van der Waals surface area contributed by atoms with Gasteiger partial charge in [0.1, 0.15) is 4.90 Å². The van der Waals surface area contributed by atoms with Crippen molar-refractivity contribution in [1.82, 2.24) is 14.5 Å². The van der Waals surface area contributed by atoms with Crippen LogP contribution in [0, 0.1) is 0 Å². The molecule has 0 spiro atoms. The lowest BCUT2D eigenvalue weighted by Gasteiger charge is -2.11. The van der Waals surface area contributed by atoms with Crippen molar-refractivity contribution in [3.05, 3.63) is 42.2 Å². The Hall–Kier alpha value is -1.71. The van der Waals surface area contributed by atoms with Gasteiger partial charge in [-0.2, -0.15) is 5.10 Å². The van der Waals surface area contributed by atoms with Crippen molar-refractivity contribution in [2.75, 3.05) is 5.75 Å². The summed E-state index contributed by atoms with van der Waals surface area (Å²) in [6.45, 7) is 2.40. The summed E-state index contributed by atoms with van der Waals surface area (Å²) >= 11 is 0. The summed E-state index contributed by atoms with van der Waals surface area (Å²) in [6.07, 6.45) is 2.67.